The van der Waals surface area contributed by atoms with E-state index in [2.05, 4.69) is 35.2 Å². The van der Waals surface area contributed by atoms with Gasteiger partial charge in [0, 0.05) is 25.0 Å². The number of aromatic nitrogens is 2. The fourth-order valence-corrected chi connectivity index (χ4v) is 3.14. The number of carbonyl (C=O) groups excluding carboxylic acids is 1. The number of aryl methyl sites for hydroxylation is 1. The number of rotatable bonds is 4. The fraction of sp³-hybridized carbons (Fsp3) is 0.421. The van der Waals surface area contributed by atoms with Gasteiger partial charge < -0.3 is 10.2 Å². The van der Waals surface area contributed by atoms with Crippen molar-refractivity contribution in [3.8, 4) is 0 Å². The predicted octanol–water partition coefficient (Wildman–Crippen LogP) is 3.65. The predicted molar refractivity (Wildman–Crippen MR) is 95.4 cm³/mol. The van der Waals surface area contributed by atoms with Crippen LogP contribution in [-0.2, 0) is 6.42 Å². The molecule has 0 radical (unpaired) electrons. The molecule has 126 valence electrons. The monoisotopic (exact) mass is 324 g/mol. The van der Waals surface area contributed by atoms with E-state index in [1.165, 1.54) is 12.0 Å². The summed E-state index contributed by atoms with van der Waals surface area (Å²) in [5.74, 6) is 1.01. The molecule has 1 saturated heterocycles. The minimum atomic E-state index is -0.00391. The maximum absolute atomic E-state index is 12.7. The average Bonchev–Trinajstić information content (AvgIpc) is 2.62. The van der Waals surface area contributed by atoms with Crippen LogP contribution in [0.2, 0.25) is 0 Å². The van der Waals surface area contributed by atoms with Gasteiger partial charge in [-0.25, -0.2) is 9.97 Å². The highest BCUT2D eigenvalue weighted by atomic mass is 16.2. The molecule has 0 bridgehead atoms. The van der Waals surface area contributed by atoms with Crippen LogP contribution in [0.5, 0.6) is 0 Å². The van der Waals surface area contributed by atoms with Gasteiger partial charge in [-0.2, -0.15) is 0 Å². The lowest BCUT2D eigenvalue weighted by atomic mass is 10.00. The molecule has 1 aliphatic rings. The number of benzene rings is 1. The van der Waals surface area contributed by atoms with Gasteiger partial charge in [-0.15, -0.1) is 0 Å². The number of para-hydroxylation sites is 1. The van der Waals surface area contributed by atoms with Crippen molar-refractivity contribution < 1.29 is 4.79 Å². The van der Waals surface area contributed by atoms with E-state index in [0.29, 0.717) is 17.6 Å². The third kappa shape index (κ3) is 3.72. The number of piperidine rings is 1. The molecule has 5 heteroatoms. The van der Waals surface area contributed by atoms with E-state index >= 15 is 0 Å². The van der Waals surface area contributed by atoms with Gasteiger partial charge in [0.25, 0.3) is 5.91 Å². The van der Waals surface area contributed by atoms with Gasteiger partial charge in [0.2, 0.25) is 5.95 Å². The van der Waals surface area contributed by atoms with Gasteiger partial charge in [0.1, 0.15) is 5.69 Å². The van der Waals surface area contributed by atoms with Crippen LogP contribution in [0, 0.1) is 5.92 Å². The molecule has 1 amide bonds. The van der Waals surface area contributed by atoms with Crippen LogP contribution < -0.4 is 5.32 Å². The SMILES string of the molecule is CCc1ccccc1Nc1nccc(C(=O)N2CCCC(C)C2)n1. The molecule has 2 heterocycles. The van der Waals surface area contributed by atoms with Gasteiger partial charge in [-0.1, -0.05) is 32.0 Å². The fourth-order valence-electron chi connectivity index (χ4n) is 3.14. The number of amides is 1. The summed E-state index contributed by atoms with van der Waals surface area (Å²) in [6.07, 6.45) is 4.82. The molecule has 1 atom stereocenters. The Hall–Kier alpha value is -2.43. The van der Waals surface area contributed by atoms with Gasteiger partial charge in [0.05, 0.1) is 0 Å². The number of hydrogen-bond donors (Lipinski definition) is 1. The first-order valence-electron chi connectivity index (χ1n) is 8.64. The Bertz CT molecular complexity index is 716. The summed E-state index contributed by atoms with van der Waals surface area (Å²) >= 11 is 0. The summed E-state index contributed by atoms with van der Waals surface area (Å²) in [7, 11) is 0. The molecule has 1 aliphatic heterocycles. The van der Waals surface area contributed by atoms with Gasteiger partial charge in [-0.3, -0.25) is 4.79 Å². The maximum Gasteiger partial charge on any atom is 0.272 e. The largest absolute Gasteiger partial charge is 0.337 e. The van der Waals surface area contributed by atoms with Gasteiger partial charge in [-0.05, 0) is 42.9 Å². The standard InChI is InChI=1S/C19H24N4O/c1-3-15-8-4-5-9-16(15)21-19-20-11-10-17(22-19)18(24)23-12-6-7-14(2)13-23/h4-5,8-11,14H,3,6-7,12-13H2,1-2H3,(H,20,21,22). The molecular weight excluding hydrogens is 300 g/mol. The van der Waals surface area contributed by atoms with Crippen molar-refractivity contribution in [2.75, 3.05) is 18.4 Å². The Labute approximate surface area is 143 Å². The van der Waals surface area contributed by atoms with E-state index in [1.54, 1.807) is 12.3 Å². The molecule has 24 heavy (non-hydrogen) atoms. The van der Waals surface area contributed by atoms with Crippen LogP contribution in [0.1, 0.15) is 42.7 Å². The second-order valence-electron chi connectivity index (χ2n) is 6.40. The zero-order valence-electron chi connectivity index (χ0n) is 14.3. The molecule has 2 aromatic rings. The van der Waals surface area contributed by atoms with Crippen LogP contribution in [0.25, 0.3) is 0 Å². The molecule has 1 aromatic heterocycles. The minimum absolute atomic E-state index is 0.00391. The van der Waals surface area contributed by atoms with Crippen LogP contribution in [0.3, 0.4) is 0 Å². The lowest BCUT2D eigenvalue weighted by molar-refractivity contribution is 0.0677. The van der Waals surface area contributed by atoms with E-state index in [9.17, 15) is 4.79 Å². The maximum atomic E-state index is 12.7. The van der Waals surface area contributed by atoms with E-state index in [-0.39, 0.29) is 5.91 Å². The first kappa shape index (κ1) is 16.4. The van der Waals surface area contributed by atoms with Crippen LogP contribution in [0.15, 0.2) is 36.5 Å². The number of carbonyl (C=O) groups is 1. The van der Waals surface area contributed by atoms with Crippen molar-refractivity contribution in [1.82, 2.24) is 14.9 Å². The second kappa shape index (κ2) is 7.43. The van der Waals surface area contributed by atoms with Crippen molar-refractivity contribution >= 4 is 17.5 Å². The number of likely N-dealkylation sites (tertiary alicyclic amines) is 1. The molecular formula is C19H24N4O. The van der Waals surface area contributed by atoms with E-state index in [4.69, 9.17) is 0 Å². The number of anilines is 2. The summed E-state index contributed by atoms with van der Waals surface area (Å²) in [5, 5.41) is 3.24. The highest BCUT2D eigenvalue weighted by Crippen LogP contribution is 2.20. The number of hydrogen-bond acceptors (Lipinski definition) is 4. The average molecular weight is 324 g/mol. The van der Waals surface area contributed by atoms with Crippen molar-refractivity contribution in [3.05, 3.63) is 47.8 Å². The summed E-state index contributed by atoms with van der Waals surface area (Å²) in [4.78, 5) is 23.3. The highest BCUT2D eigenvalue weighted by molar-refractivity contribution is 5.92. The second-order valence-corrected chi connectivity index (χ2v) is 6.40. The van der Waals surface area contributed by atoms with Crippen LogP contribution >= 0.6 is 0 Å². The summed E-state index contributed by atoms with van der Waals surface area (Å²) in [6, 6.07) is 9.77. The molecule has 3 rings (SSSR count). The molecule has 1 N–H and O–H groups in total. The van der Waals surface area contributed by atoms with Gasteiger partial charge >= 0.3 is 0 Å². The molecule has 1 fully saturated rings. The summed E-state index contributed by atoms with van der Waals surface area (Å²) < 4.78 is 0. The highest BCUT2D eigenvalue weighted by Gasteiger charge is 2.23. The van der Waals surface area contributed by atoms with Gasteiger partial charge in [0.15, 0.2) is 0 Å². The minimum Gasteiger partial charge on any atom is -0.337 e. The third-order valence-corrected chi connectivity index (χ3v) is 4.46. The molecule has 0 saturated carbocycles. The lowest BCUT2D eigenvalue weighted by Gasteiger charge is -2.30. The zero-order chi connectivity index (χ0) is 16.9. The Kier molecular flexibility index (Phi) is 5.08. The molecule has 1 aromatic carbocycles. The van der Waals surface area contributed by atoms with E-state index in [0.717, 1.165) is 31.6 Å². The quantitative estimate of drug-likeness (QED) is 0.932. The molecule has 5 nitrogen and oxygen atoms in total. The van der Waals surface area contributed by atoms with Crippen LogP contribution in [0.4, 0.5) is 11.6 Å². The van der Waals surface area contributed by atoms with Crippen molar-refractivity contribution in [3.63, 3.8) is 0 Å². The number of nitrogens with zero attached hydrogens (tertiary/aromatic N) is 3. The topological polar surface area (TPSA) is 58.1 Å². The Morgan fingerprint density at radius 1 is 1.33 bits per heavy atom. The summed E-state index contributed by atoms with van der Waals surface area (Å²) in [6.45, 7) is 5.92. The zero-order valence-corrected chi connectivity index (χ0v) is 14.3. The smallest absolute Gasteiger partial charge is 0.272 e. The van der Waals surface area contributed by atoms with E-state index < -0.39 is 0 Å². The van der Waals surface area contributed by atoms with Crippen molar-refractivity contribution in [2.24, 2.45) is 5.92 Å². The van der Waals surface area contributed by atoms with Crippen LogP contribution in [-0.4, -0.2) is 33.9 Å². The molecule has 0 aliphatic carbocycles. The Morgan fingerprint density at radius 3 is 2.96 bits per heavy atom. The first-order valence-corrected chi connectivity index (χ1v) is 8.64. The lowest BCUT2D eigenvalue weighted by Crippen LogP contribution is -2.39. The first-order chi connectivity index (χ1) is 11.7. The molecule has 0 spiro atoms. The Morgan fingerprint density at radius 2 is 2.17 bits per heavy atom. The Balaban J connectivity index is 1.77. The number of nitrogens with one attached hydrogen (secondary N) is 1. The van der Waals surface area contributed by atoms with Crippen molar-refractivity contribution in [2.45, 2.75) is 33.1 Å². The van der Waals surface area contributed by atoms with E-state index in [1.807, 2.05) is 23.1 Å². The summed E-state index contributed by atoms with van der Waals surface area (Å²) in [5.41, 5.74) is 2.63. The third-order valence-electron chi connectivity index (χ3n) is 4.46. The van der Waals surface area contributed by atoms with Crippen molar-refractivity contribution in [1.29, 1.82) is 0 Å². The normalized spacial score (nSPS) is 17.6. The molecule has 1 unspecified atom stereocenters.